The van der Waals surface area contributed by atoms with Gasteiger partial charge < -0.3 is 25.2 Å². The van der Waals surface area contributed by atoms with Crippen molar-refractivity contribution in [1.29, 1.82) is 0 Å². The molecule has 4 aromatic rings. The number of aliphatic hydroxyl groups excluding tert-OH is 1. The third-order valence-corrected chi connectivity index (χ3v) is 12.6. The van der Waals surface area contributed by atoms with Crippen molar-refractivity contribution in [3.8, 4) is 0 Å². The number of urea groups is 1. The molecule has 0 radical (unpaired) electrons. The largest absolute Gasteiger partial charge is 0.392 e. The van der Waals surface area contributed by atoms with Crippen LogP contribution in [0.5, 0.6) is 0 Å². The van der Waals surface area contributed by atoms with E-state index in [1.165, 1.54) is 35.6 Å². The van der Waals surface area contributed by atoms with Gasteiger partial charge in [-0.05, 0) is 109 Å². The minimum atomic E-state index is -0.542. The Labute approximate surface area is 302 Å². The van der Waals surface area contributed by atoms with Crippen molar-refractivity contribution in [2.24, 2.45) is 23.7 Å². The van der Waals surface area contributed by atoms with Crippen LogP contribution in [0.15, 0.2) is 91.0 Å². The first-order chi connectivity index (χ1) is 24.7. The second kappa shape index (κ2) is 14.3. The van der Waals surface area contributed by atoms with E-state index in [2.05, 4.69) is 115 Å². The maximum absolute atomic E-state index is 13.1. The number of nitrogens with zero attached hydrogens (tertiary/aromatic N) is 1. The molecule has 5 atom stereocenters. The Balaban J connectivity index is 0.947. The molecule has 2 amide bonds. The lowest BCUT2D eigenvalue weighted by molar-refractivity contribution is -0.276. The first-order valence-corrected chi connectivity index (χ1v) is 19.1. The molecule has 5 fully saturated rings. The van der Waals surface area contributed by atoms with Gasteiger partial charge in [-0.1, -0.05) is 91.9 Å². The summed E-state index contributed by atoms with van der Waals surface area (Å²) in [6.45, 7) is 5.69. The van der Waals surface area contributed by atoms with Crippen LogP contribution in [-0.4, -0.2) is 41.3 Å². The SMILES string of the molecule is CC1C(CN(C)C(C)c2ccc3ccccc3c2)OC(c2ccc(CNC(=O)NC34CC5CC(CC(C5)C3)C4)cc2)OC1c1ccc(CO)cc1. The summed E-state index contributed by atoms with van der Waals surface area (Å²) in [7, 11) is 2.17. The fraction of sp³-hybridized carbons (Fsp3) is 0.477. The Morgan fingerprint density at radius 3 is 2.14 bits per heavy atom. The topological polar surface area (TPSA) is 83.1 Å². The maximum Gasteiger partial charge on any atom is 0.315 e. The summed E-state index contributed by atoms with van der Waals surface area (Å²) in [6, 6.07) is 31.7. The molecule has 0 aromatic heterocycles. The number of carbonyl (C=O) groups is 1. The van der Waals surface area contributed by atoms with Crippen LogP contribution in [0.25, 0.3) is 10.8 Å². The molecule has 5 unspecified atom stereocenters. The first kappa shape index (κ1) is 34.3. The summed E-state index contributed by atoms with van der Waals surface area (Å²) < 4.78 is 13.5. The number of ether oxygens (including phenoxy) is 2. The van der Waals surface area contributed by atoms with Gasteiger partial charge in [0.15, 0.2) is 6.29 Å². The van der Waals surface area contributed by atoms with Gasteiger partial charge >= 0.3 is 6.03 Å². The highest BCUT2D eigenvalue weighted by molar-refractivity contribution is 5.83. The van der Waals surface area contributed by atoms with Crippen LogP contribution in [0.3, 0.4) is 0 Å². The summed E-state index contributed by atoms with van der Waals surface area (Å²) in [6.07, 6.45) is 6.71. The lowest BCUT2D eigenvalue weighted by Gasteiger charge is -2.56. The molecule has 4 bridgehead atoms. The third kappa shape index (κ3) is 7.32. The molecule has 5 aliphatic rings. The Morgan fingerprint density at radius 2 is 1.47 bits per heavy atom. The van der Waals surface area contributed by atoms with Crippen LogP contribution in [0.1, 0.15) is 98.6 Å². The van der Waals surface area contributed by atoms with Crippen molar-refractivity contribution in [2.75, 3.05) is 13.6 Å². The van der Waals surface area contributed by atoms with Gasteiger partial charge in [-0.2, -0.15) is 0 Å². The molecule has 51 heavy (non-hydrogen) atoms. The van der Waals surface area contributed by atoms with Gasteiger partial charge in [0.2, 0.25) is 0 Å². The average molecular weight is 688 g/mol. The highest BCUT2D eigenvalue weighted by Gasteiger charge is 2.51. The molecule has 1 aliphatic heterocycles. The Morgan fingerprint density at radius 1 is 0.843 bits per heavy atom. The van der Waals surface area contributed by atoms with Crippen molar-refractivity contribution in [2.45, 2.75) is 95.6 Å². The van der Waals surface area contributed by atoms with E-state index in [1.54, 1.807) is 0 Å². The number of carbonyl (C=O) groups excluding carboxylic acids is 1. The number of amides is 2. The molecular weight excluding hydrogens is 635 g/mol. The molecule has 268 valence electrons. The van der Waals surface area contributed by atoms with E-state index in [9.17, 15) is 9.90 Å². The van der Waals surface area contributed by atoms with E-state index in [0.717, 1.165) is 65.8 Å². The predicted molar refractivity (Wildman–Crippen MR) is 201 cm³/mol. The lowest BCUT2D eigenvalue weighted by atomic mass is 9.53. The minimum Gasteiger partial charge on any atom is -0.392 e. The number of nitrogens with one attached hydrogen (secondary N) is 2. The van der Waals surface area contributed by atoms with Gasteiger partial charge in [0.25, 0.3) is 0 Å². The summed E-state index contributed by atoms with van der Waals surface area (Å²) in [5.74, 6) is 2.47. The molecule has 9 rings (SSSR count). The first-order valence-electron chi connectivity index (χ1n) is 19.1. The van der Waals surface area contributed by atoms with Gasteiger partial charge in [-0.25, -0.2) is 4.79 Å². The highest BCUT2D eigenvalue weighted by atomic mass is 16.7. The molecule has 4 saturated carbocycles. The zero-order valence-electron chi connectivity index (χ0n) is 30.3. The second-order valence-corrected chi connectivity index (χ2v) is 16.3. The predicted octanol–water partition coefficient (Wildman–Crippen LogP) is 8.58. The monoisotopic (exact) mass is 687 g/mol. The number of benzene rings is 4. The molecule has 3 N–H and O–H groups in total. The van der Waals surface area contributed by atoms with Gasteiger partial charge in [0, 0.05) is 36.2 Å². The van der Waals surface area contributed by atoms with Crippen molar-refractivity contribution < 1.29 is 19.4 Å². The van der Waals surface area contributed by atoms with E-state index in [4.69, 9.17) is 9.47 Å². The second-order valence-electron chi connectivity index (χ2n) is 16.3. The van der Waals surface area contributed by atoms with Crippen LogP contribution < -0.4 is 10.6 Å². The number of hydrogen-bond donors (Lipinski definition) is 3. The van der Waals surface area contributed by atoms with Crippen LogP contribution in [-0.2, 0) is 22.6 Å². The molecule has 4 aliphatic carbocycles. The van der Waals surface area contributed by atoms with Gasteiger partial charge in [-0.3, -0.25) is 4.90 Å². The number of aliphatic hydroxyl groups is 1. The number of likely N-dealkylation sites (N-methyl/N-ethyl adjacent to an activating group) is 1. The van der Waals surface area contributed by atoms with Gasteiger partial charge in [0.1, 0.15) is 0 Å². The number of fused-ring (bicyclic) bond motifs is 1. The fourth-order valence-corrected chi connectivity index (χ4v) is 10.0. The van der Waals surface area contributed by atoms with E-state index >= 15 is 0 Å². The summed E-state index contributed by atoms with van der Waals surface area (Å²) in [5.41, 5.74) is 5.23. The summed E-state index contributed by atoms with van der Waals surface area (Å²) >= 11 is 0. The van der Waals surface area contributed by atoms with Gasteiger partial charge in [0.05, 0.1) is 18.8 Å². The summed E-state index contributed by atoms with van der Waals surface area (Å²) in [5, 5.41) is 18.7. The van der Waals surface area contributed by atoms with Crippen LogP contribution >= 0.6 is 0 Å². The number of hydrogen-bond acceptors (Lipinski definition) is 5. The van der Waals surface area contributed by atoms with Gasteiger partial charge in [-0.15, -0.1) is 0 Å². The van der Waals surface area contributed by atoms with Crippen LogP contribution in [0, 0.1) is 23.7 Å². The lowest BCUT2D eigenvalue weighted by Crippen LogP contribution is -2.61. The standard InChI is InChI=1S/C44H53N3O4/c1-28-40(26-47(3)29(2)38-17-16-35-6-4-5-7-39(35)21-38)50-42(51-41(28)36-12-10-31(27-48)11-13-36)37-14-8-30(9-15-37)25-45-43(49)46-44-22-32-18-33(23-44)20-34(19-32)24-44/h4-17,21,28-29,32-34,40-42,48H,18-20,22-27H2,1-3H3,(H2,45,46,49). The molecule has 7 nitrogen and oxygen atoms in total. The minimum absolute atomic E-state index is 0.00230. The molecule has 0 spiro atoms. The van der Waals surface area contributed by atoms with E-state index in [0.29, 0.717) is 6.54 Å². The Bertz CT molecular complexity index is 1790. The Kier molecular flexibility index (Phi) is 9.66. The van der Waals surface area contributed by atoms with Crippen molar-refractivity contribution in [1.82, 2.24) is 15.5 Å². The zero-order valence-corrected chi connectivity index (χ0v) is 30.3. The van der Waals surface area contributed by atoms with Crippen LogP contribution in [0.4, 0.5) is 4.79 Å². The molecule has 1 heterocycles. The molecular formula is C44H53N3O4. The van der Waals surface area contributed by atoms with E-state index in [-0.39, 0.29) is 42.3 Å². The van der Waals surface area contributed by atoms with Crippen molar-refractivity contribution >= 4 is 16.8 Å². The average Bonchev–Trinajstić information content (AvgIpc) is 3.14. The highest BCUT2D eigenvalue weighted by Crippen LogP contribution is 2.55. The fourth-order valence-electron chi connectivity index (χ4n) is 10.0. The van der Waals surface area contributed by atoms with Crippen LogP contribution in [0.2, 0.25) is 0 Å². The normalized spacial score (nSPS) is 30.4. The quantitative estimate of drug-likeness (QED) is 0.156. The Hall–Kier alpha value is -3.75. The van der Waals surface area contributed by atoms with Crippen molar-refractivity contribution in [3.63, 3.8) is 0 Å². The zero-order chi connectivity index (χ0) is 35.1. The van der Waals surface area contributed by atoms with E-state index < -0.39 is 6.29 Å². The molecule has 7 heteroatoms. The number of rotatable bonds is 10. The molecule has 1 saturated heterocycles. The maximum atomic E-state index is 13.1. The third-order valence-electron chi connectivity index (χ3n) is 12.6. The van der Waals surface area contributed by atoms with Crippen molar-refractivity contribution in [3.05, 3.63) is 119 Å². The molecule has 4 aromatic carbocycles. The summed E-state index contributed by atoms with van der Waals surface area (Å²) in [4.78, 5) is 15.5. The smallest absolute Gasteiger partial charge is 0.315 e. The van der Waals surface area contributed by atoms with E-state index in [1.807, 2.05) is 12.1 Å².